The highest BCUT2D eigenvalue weighted by Crippen LogP contribution is 2.28. The van der Waals surface area contributed by atoms with Crippen molar-refractivity contribution < 1.29 is 29.1 Å². The molecule has 3 atom stereocenters. The van der Waals surface area contributed by atoms with Gasteiger partial charge in [-0.1, -0.05) is 98.6 Å². The minimum atomic E-state index is -0.887. The molecule has 0 radical (unpaired) electrons. The molecule has 1 saturated heterocycles. The summed E-state index contributed by atoms with van der Waals surface area (Å²) in [6, 6.07) is 5.82. The van der Waals surface area contributed by atoms with Gasteiger partial charge in [0, 0.05) is 20.1 Å². The van der Waals surface area contributed by atoms with E-state index in [9.17, 15) is 24.0 Å². The van der Waals surface area contributed by atoms with Crippen molar-refractivity contribution in [2.24, 2.45) is 11.7 Å². The van der Waals surface area contributed by atoms with Crippen LogP contribution in [0.3, 0.4) is 0 Å². The number of hydrogen-bond donors (Lipinski definition) is 5. The third-order valence-corrected chi connectivity index (χ3v) is 6.71. The van der Waals surface area contributed by atoms with Crippen LogP contribution in [0, 0.1) is 18.3 Å². The lowest BCUT2D eigenvalue weighted by Gasteiger charge is -2.22. The van der Waals surface area contributed by atoms with Crippen molar-refractivity contribution in [2.45, 2.75) is 125 Å². The lowest BCUT2D eigenvalue weighted by Crippen LogP contribution is -2.51. The van der Waals surface area contributed by atoms with Gasteiger partial charge in [0.15, 0.2) is 0 Å². The highest BCUT2D eigenvalue weighted by molar-refractivity contribution is 6.38. The summed E-state index contributed by atoms with van der Waals surface area (Å²) in [7, 11) is 2.87. The fourth-order valence-electron chi connectivity index (χ4n) is 4.69. The van der Waals surface area contributed by atoms with E-state index in [0.717, 1.165) is 45.6 Å². The van der Waals surface area contributed by atoms with Crippen molar-refractivity contribution in [3.8, 4) is 12.3 Å². The fraction of sp³-hybridized carbons (Fsp3) is 0.615. The summed E-state index contributed by atoms with van der Waals surface area (Å²) in [5, 5.41) is 14.6. The van der Waals surface area contributed by atoms with E-state index in [1.54, 1.807) is 0 Å². The first-order chi connectivity index (χ1) is 24.0. The molecule has 3 rings (SSSR count). The average molecular weight is 704 g/mol. The molecule has 50 heavy (non-hydrogen) atoms. The number of nitrogens with one attached hydrogen (secondary N) is 3. The number of urea groups is 1. The monoisotopic (exact) mass is 704 g/mol. The lowest BCUT2D eigenvalue weighted by molar-refractivity contribution is -0.140. The Morgan fingerprint density at radius 1 is 1.02 bits per heavy atom. The van der Waals surface area contributed by atoms with E-state index >= 15 is 0 Å². The molecule has 11 heteroatoms. The van der Waals surface area contributed by atoms with Crippen molar-refractivity contribution in [3.63, 3.8) is 0 Å². The van der Waals surface area contributed by atoms with Gasteiger partial charge in [-0.3, -0.25) is 19.3 Å². The zero-order valence-corrected chi connectivity index (χ0v) is 32.6. The number of carbonyl (C=O) groups is 5. The molecule has 4 amide bonds. The second-order valence-corrected chi connectivity index (χ2v) is 10.8. The number of carbonyl (C=O) groups excluding carboxylic acids is 5. The molecule has 3 unspecified atom stereocenters. The average Bonchev–Trinajstić information content (AvgIpc) is 3.77. The number of amides is 4. The minimum absolute atomic E-state index is 0.127. The Balaban J connectivity index is -0.000000330. The van der Waals surface area contributed by atoms with Gasteiger partial charge in [-0.05, 0) is 62.7 Å². The number of aliphatic hydroxyl groups is 1. The third-order valence-electron chi connectivity index (χ3n) is 6.71. The topological polar surface area (TPSA) is 171 Å². The Bertz CT molecular complexity index is 1080. The van der Waals surface area contributed by atoms with Gasteiger partial charge < -0.3 is 31.6 Å². The molecular weight excluding hydrogens is 634 g/mol. The number of hydrogen-bond acceptors (Lipinski definition) is 7. The van der Waals surface area contributed by atoms with E-state index in [4.69, 9.17) is 17.3 Å². The molecule has 286 valence electrons. The fourth-order valence-corrected chi connectivity index (χ4v) is 4.69. The van der Waals surface area contributed by atoms with E-state index in [1.807, 2.05) is 51.8 Å². The molecule has 1 aliphatic carbocycles. The largest absolute Gasteiger partial charge is 0.400 e. The molecule has 11 nitrogen and oxygen atoms in total. The Morgan fingerprint density at radius 2 is 1.52 bits per heavy atom. The number of nitrogens with zero attached hydrogens (tertiary/aromatic N) is 1. The van der Waals surface area contributed by atoms with Crippen LogP contribution in [-0.2, 0) is 32.0 Å². The molecule has 1 aromatic rings. The number of likely N-dealkylation sites (tertiary alicyclic amines) is 1. The molecule has 0 bridgehead atoms. The Labute approximate surface area is 303 Å². The molecule has 1 fully saturated rings. The first kappa shape index (κ1) is 52.8. The van der Waals surface area contributed by atoms with Gasteiger partial charge in [0.05, 0.1) is 18.1 Å². The zero-order chi connectivity index (χ0) is 39.5. The number of fused-ring (bicyclic) bond motifs is 1. The van der Waals surface area contributed by atoms with Crippen LogP contribution in [0.15, 0.2) is 36.9 Å². The van der Waals surface area contributed by atoms with Gasteiger partial charge in [-0.2, -0.15) is 0 Å². The van der Waals surface area contributed by atoms with E-state index < -0.39 is 29.8 Å². The van der Waals surface area contributed by atoms with Crippen LogP contribution in [-0.4, -0.2) is 85.3 Å². The molecule has 0 saturated carbocycles. The molecule has 6 N–H and O–H groups in total. The normalized spacial score (nSPS) is 14.7. The summed E-state index contributed by atoms with van der Waals surface area (Å²) < 4.78 is 0. The summed E-state index contributed by atoms with van der Waals surface area (Å²) in [5.41, 5.74) is 7.54. The van der Waals surface area contributed by atoms with Crippen LogP contribution in [0.5, 0.6) is 0 Å². The maximum Gasteiger partial charge on any atom is 0.312 e. The van der Waals surface area contributed by atoms with E-state index in [2.05, 4.69) is 68.3 Å². The standard InChI is InChI=1S/C16H23N3O3.C12H14N2O2.2C3H8.2C2H6.CH4O/c1-4-6-8-12(14(20)16(22)17-10-5-2)18-15(21)13-9-7-11-19(13)3;13-12(16)14-11(7-15)10-5-8-3-1-2-4-9(8)6-10;2*1-3-2;3*1-2/h1,5,12-13H,2,6-11H2,3H3,(H,17,22)(H,18,21);1-4,7,10-11H,5-6H2,(H3,13,14,16);2*3H2,1-2H3;2*1-2H3;2H,1H3. The van der Waals surface area contributed by atoms with Crippen LogP contribution >= 0.6 is 0 Å². The predicted octanol–water partition coefficient (Wildman–Crippen LogP) is 4.98. The molecule has 2 aliphatic rings. The Hall–Kier alpha value is -4.01. The maximum absolute atomic E-state index is 12.3. The maximum atomic E-state index is 12.3. The Kier molecular flexibility index (Phi) is 38.3. The van der Waals surface area contributed by atoms with Gasteiger partial charge in [0.2, 0.25) is 11.7 Å². The predicted molar refractivity (Wildman–Crippen MR) is 207 cm³/mol. The number of nitrogens with two attached hydrogens (primary N) is 1. The molecule has 1 aromatic carbocycles. The van der Waals surface area contributed by atoms with Crippen molar-refractivity contribution in [1.82, 2.24) is 20.9 Å². The van der Waals surface area contributed by atoms with Crippen LogP contribution < -0.4 is 21.7 Å². The van der Waals surface area contributed by atoms with Crippen molar-refractivity contribution in [2.75, 3.05) is 27.2 Å². The van der Waals surface area contributed by atoms with Gasteiger partial charge >= 0.3 is 6.03 Å². The second-order valence-electron chi connectivity index (χ2n) is 10.8. The molecular formula is C39H69N5O6. The third kappa shape index (κ3) is 23.4. The highest BCUT2D eigenvalue weighted by atomic mass is 16.2. The number of rotatable bonds is 11. The summed E-state index contributed by atoms with van der Waals surface area (Å²) in [4.78, 5) is 59.8. The van der Waals surface area contributed by atoms with Crippen molar-refractivity contribution >= 4 is 29.9 Å². The number of ketones is 1. The van der Waals surface area contributed by atoms with Crippen LogP contribution in [0.25, 0.3) is 0 Å². The quantitative estimate of drug-likeness (QED) is 0.0937. The minimum Gasteiger partial charge on any atom is -0.400 e. The number of aliphatic hydroxyl groups excluding tert-OH is 1. The molecule has 1 heterocycles. The number of primary amides is 1. The zero-order valence-electron chi connectivity index (χ0n) is 32.6. The van der Waals surface area contributed by atoms with Gasteiger partial charge in [-0.25, -0.2) is 4.79 Å². The van der Waals surface area contributed by atoms with Crippen LogP contribution in [0.4, 0.5) is 4.79 Å². The van der Waals surface area contributed by atoms with Gasteiger partial charge in [-0.15, -0.1) is 18.9 Å². The molecule has 1 aliphatic heterocycles. The number of aldehydes is 1. The lowest BCUT2D eigenvalue weighted by atomic mass is 9.98. The van der Waals surface area contributed by atoms with Crippen LogP contribution in [0.1, 0.15) is 105 Å². The number of likely N-dealkylation sites (N-methyl/N-ethyl adjacent to an activating group) is 1. The van der Waals surface area contributed by atoms with Gasteiger partial charge in [0.25, 0.3) is 5.91 Å². The summed E-state index contributed by atoms with van der Waals surface area (Å²) in [5.74, 6) is 0.913. The van der Waals surface area contributed by atoms with Crippen molar-refractivity contribution in [3.05, 3.63) is 48.0 Å². The second kappa shape index (κ2) is 36.3. The Morgan fingerprint density at radius 3 is 1.90 bits per heavy atom. The van der Waals surface area contributed by atoms with Crippen LogP contribution in [0.2, 0.25) is 0 Å². The van der Waals surface area contributed by atoms with E-state index in [-0.39, 0.29) is 30.8 Å². The van der Waals surface area contributed by atoms with E-state index in [1.165, 1.54) is 30.0 Å². The summed E-state index contributed by atoms with van der Waals surface area (Å²) in [6.07, 6.45) is 13.8. The first-order valence-electron chi connectivity index (χ1n) is 17.9. The summed E-state index contributed by atoms with van der Waals surface area (Å²) >= 11 is 0. The number of Topliss-reactive ketones (excluding diaryl/α,β-unsaturated/α-hetero) is 1. The van der Waals surface area contributed by atoms with Crippen molar-refractivity contribution in [1.29, 1.82) is 0 Å². The highest BCUT2D eigenvalue weighted by Gasteiger charge is 2.32. The SMILES string of the molecule is C#CCCC(NC(=O)C1CCCN1C)C(=O)C(=O)NCC=C.CC.CC.CCC.CCC.CO.NC(=O)NC(C=O)C1Cc2ccccc2C1. The number of terminal acetylenes is 1. The van der Waals surface area contributed by atoms with Gasteiger partial charge in [0.1, 0.15) is 6.29 Å². The smallest absolute Gasteiger partial charge is 0.312 e. The number of benzene rings is 1. The summed E-state index contributed by atoms with van der Waals surface area (Å²) in [6.45, 7) is 21.0. The molecule has 0 aromatic heterocycles. The first-order valence-corrected chi connectivity index (χ1v) is 17.9. The molecule has 0 spiro atoms. The van der Waals surface area contributed by atoms with E-state index in [0.29, 0.717) is 6.42 Å².